The summed E-state index contributed by atoms with van der Waals surface area (Å²) in [7, 11) is 0. The van der Waals surface area contributed by atoms with Gasteiger partial charge in [0.05, 0.1) is 6.61 Å². The maximum atomic E-state index is 13.8. The molecule has 2 aliphatic heterocycles. The van der Waals surface area contributed by atoms with Gasteiger partial charge in [-0.25, -0.2) is 4.79 Å². The number of aromatic hydroxyl groups is 5. The highest BCUT2D eigenvalue weighted by atomic mass is 16.7. The average Bonchev–Trinajstić information content (AvgIpc) is 3.17. The van der Waals surface area contributed by atoms with E-state index in [0.29, 0.717) is 5.56 Å². The van der Waals surface area contributed by atoms with Crippen LogP contribution in [0.1, 0.15) is 5.56 Å². The number of phenols is 5. The van der Waals surface area contributed by atoms with Crippen LogP contribution in [0.2, 0.25) is 0 Å². The predicted octanol–water partition coefficient (Wildman–Crippen LogP) is -1.30. The second-order valence-corrected chi connectivity index (χ2v) is 13.1. The zero-order chi connectivity index (χ0) is 41.3. The third-order valence-electron chi connectivity index (χ3n) is 9.17. The van der Waals surface area contributed by atoms with Crippen LogP contribution in [0.3, 0.4) is 0 Å². The first kappa shape index (κ1) is 41.0. The van der Waals surface area contributed by atoms with Crippen molar-refractivity contribution in [2.75, 3.05) is 13.2 Å². The zero-order valence-corrected chi connectivity index (χ0v) is 29.3. The molecule has 0 bridgehead atoms. The molecule has 6 rings (SSSR count). The summed E-state index contributed by atoms with van der Waals surface area (Å²) in [5.41, 5.74) is -1.05. The lowest BCUT2D eigenvalue weighted by atomic mass is 9.99. The van der Waals surface area contributed by atoms with E-state index < -0.39 is 126 Å². The Morgan fingerprint density at radius 1 is 0.702 bits per heavy atom. The lowest BCUT2D eigenvalue weighted by molar-refractivity contribution is -0.278. The molecular weight excluding hydrogens is 764 g/mol. The molecule has 0 radical (unpaired) electrons. The maximum Gasteiger partial charge on any atom is 0.330 e. The molecule has 1 aromatic heterocycles. The first-order valence-corrected chi connectivity index (χ1v) is 17.1. The topological polar surface area (TPSA) is 336 Å². The molecule has 4 unspecified atom stereocenters. The summed E-state index contributed by atoms with van der Waals surface area (Å²) < 4.78 is 33.3. The lowest BCUT2D eigenvalue weighted by Crippen LogP contribution is -2.60. The largest absolute Gasteiger partial charge is 0.508 e. The minimum absolute atomic E-state index is 0.144. The lowest BCUT2D eigenvalue weighted by Gasteiger charge is -2.40. The van der Waals surface area contributed by atoms with Crippen molar-refractivity contribution in [2.45, 2.75) is 67.8 Å². The molecule has 12 N–H and O–H groups in total. The van der Waals surface area contributed by atoms with Gasteiger partial charge in [-0.15, -0.1) is 0 Å². The van der Waals surface area contributed by atoms with Crippen molar-refractivity contribution in [3.05, 3.63) is 76.5 Å². The average molecular weight is 803 g/mol. The molecule has 10 atom stereocenters. The monoisotopic (exact) mass is 802 g/mol. The highest BCUT2D eigenvalue weighted by Crippen LogP contribution is 2.41. The van der Waals surface area contributed by atoms with Crippen molar-refractivity contribution in [3.63, 3.8) is 0 Å². The fraction of sp³-hybridized carbons (Fsp3) is 0.351. The van der Waals surface area contributed by atoms with E-state index in [1.54, 1.807) is 0 Å². The fourth-order valence-corrected chi connectivity index (χ4v) is 6.07. The molecule has 2 fully saturated rings. The number of esters is 1. The minimum atomic E-state index is -1.99. The fourth-order valence-electron chi connectivity index (χ4n) is 6.07. The molecule has 57 heavy (non-hydrogen) atoms. The number of rotatable bonds is 11. The van der Waals surface area contributed by atoms with Gasteiger partial charge in [0.25, 0.3) is 0 Å². The van der Waals surface area contributed by atoms with Gasteiger partial charge in [0.1, 0.15) is 77.9 Å². The van der Waals surface area contributed by atoms with E-state index in [2.05, 4.69) is 0 Å². The van der Waals surface area contributed by atoms with Crippen molar-refractivity contribution >= 4 is 16.9 Å². The number of phenolic OH excluding ortho intramolecular Hbond substituents is 5. The zero-order valence-electron chi connectivity index (χ0n) is 29.3. The molecule has 20 nitrogen and oxygen atoms in total. The molecule has 20 heteroatoms. The molecule has 0 spiro atoms. The number of benzene rings is 3. The van der Waals surface area contributed by atoms with E-state index in [4.69, 9.17) is 28.1 Å². The summed E-state index contributed by atoms with van der Waals surface area (Å²) in [4.78, 5) is 26.2. The molecule has 3 aromatic carbocycles. The third kappa shape index (κ3) is 8.54. The summed E-state index contributed by atoms with van der Waals surface area (Å²) in [5, 5.41) is 123. The van der Waals surface area contributed by atoms with Crippen LogP contribution in [0.5, 0.6) is 40.2 Å². The Morgan fingerprint density at radius 3 is 2.04 bits per heavy atom. The first-order valence-electron chi connectivity index (χ1n) is 17.1. The van der Waals surface area contributed by atoms with Gasteiger partial charge in [0, 0.05) is 23.8 Å². The van der Waals surface area contributed by atoms with Crippen molar-refractivity contribution in [2.24, 2.45) is 0 Å². The number of carbonyl (C=O) groups is 1. The Hall–Kier alpha value is -5.68. The molecule has 3 heterocycles. The van der Waals surface area contributed by atoms with Gasteiger partial charge in [-0.1, -0.05) is 12.1 Å². The van der Waals surface area contributed by atoms with Crippen molar-refractivity contribution in [1.29, 1.82) is 0 Å². The SMILES string of the molecule is O=C(/C=C/Cc1ccc(O)c(O)c1)OCC1O[C@@H](Oc2cc(-c3oc4cc(O)cc(O)c4c(=O)c3O[C@@H]3OC(CO)[C@@H](O)[C@H](O)C3O)ccc2O)C(O)[C@@H](O)[C@@H]1O. The summed E-state index contributed by atoms with van der Waals surface area (Å²) in [6.45, 7) is -1.49. The van der Waals surface area contributed by atoms with Gasteiger partial charge < -0.3 is 89.4 Å². The van der Waals surface area contributed by atoms with Gasteiger partial charge in [0.15, 0.2) is 28.8 Å². The van der Waals surface area contributed by atoms with Gasteiger partial charge in [-0.3, -0.25) is 4.79 Å². The van der Waals surface area contributed by atoms with Crippen LogP contribution in [-0.2, 0) is 25.4 Å². The van der Waals surface area contributed by atoms with Gasteiger partial charge in [-0.05, 0) is 42.3 Å². The van der Waals surface area contributed by atoms with E-state index in [1.807, 2.05) is 0 Å². The molecule has 0 saturated carbocycles. The molecule has 0 aliphatic carbocycles. The van der Waals surface area contributed by atoms with Crippen LogP contribution in [-0.4, -0.2) is 142 Å². The molecule has 2 aliphatic rings. The van der Waals surface area contributed by atoms with Crippen molar-refractivity contribution < 1.29 is 94.2 Å². The number of allylic oxidation sites excluding steroid dienone is 1. The highest BCUT2D eigenvalue weighted by molar-refractivity contribution is 5.88. The van der Waals surface area contributed by atoms with Gasteiger partial charge in [-0.2, -0.15) is 0 Å². The van der Waals surface area contributed by atoms with Crippen LogP contribution < -0.4 is 14.9 Å². The predicted molar refractivity (Wildman–Crippen MR) is 188 cm³/mol. The second-order valence-electron chi connectivity index (χ2n) is 13.1. The summed E-state index contributed by atoms with van der Waals surface area (Å²) in [5.74, 6) is -5.17. The summed E-state index contributed by atoms with van der Waals surface area (Å²) in [6.07, 6.45) is -15.4. The Bertz CT molecular complexity index is 2180. The van der Waals surface area contributed by atoms with Gasteiger partial charge in [0.2, 0.25) is 23.8 Å². The minimum Gasteiger partial charge on any atom is -0.508 e. The number of hydrogen-bond acceptors (Lipinski definition) is 20. The van der Waals surface area contributed by atoms with Crippen molar-refractivity contribution in [3.8, 4) is 51.6 Å². The van der Waals surface area contributed by atoms with E-state index >= 15 is 0 Å². The van der Waals surface area contributed by atoms with Crippen LogP contribution in [0.25, 0.3) is 22.3 Å². The second kappa shape index (κ2) is 16.8. The summed E-state index contributed by atoms with van der Waals surface area (Å²) >= 11 is 0. The van der Waals surface area contributed by atoms with Crippen LogP contribution in [0, 0.1) is 0 Å². The standard InChI is InChI=1S/C37H38O20/c38-12-23-27(45)30(48)33(51)37(55-23)57-35-29(47)26-20(43)10-16(39)11-22(26)53-34(35)15-5-7-18(41)21(9-15)54-36-32(50)31(49)28(46)24(56-36)13-52-25(44)3-1-2-14-4-6-17(40)19(42)8-14/h1,3-11,23-24,27-28,30-33,36-43,45-46,48-51H,2,12-13H2/b3-1+/t23?,24?,27-,28-,30+,31+,32?,33?,36-,37+/m1/s1. The van der Waals surface area contributed by atoms with E-state index in [1.165, 1.54) is 30.3 Å². The van der Waals surface area contributed by atoms with E-state index in [0.717, 1.165) is 30.3 Å². The number of carbonyl (C=O) groups excluding carboxylic acids is 1. The van der Waals surface area contributed by atoms with Crippen LogP contribution in [0.4, 0.5) is 0 Å². The van der Waals surface area contributed by atoms with Crippen molar-refractivity contribution in [1.82, 2.24) is 0 Å². The van der Waals surface area contributed by atoms with Crippen LogP contribution >= 0.6 is 0 Å². The number of aliphatic hydroxyl groups is 7. The smallest absolute Gasteiger partial charge is 0.330 e. The number of ether oxygens (including phenoxy) is 5. The third-order valence-corrected chi connectivity index (χ3v) is 9.17. The molecule has 2 saturated heterocycles. The van der Waals surface area contributed by atoms with Crippen LogP contribution in [0.15, 0.2) is 69.9 Å². The number of aliphatic hydroxyl groups excluding tert-OH is 7. The summed E-state index contributed by atoms with van der Waals surface area (Å²) in [6, 6.07) is 9.17. The first-order chi connectivity index (χ1) is 27.1. The van der Waals surface area contributed by atoms with Gasteiger partial charge >= 0.3 is 5.97 Å². The maximum absolute atomic E-state index is 13.8. The Morgan fingerprint density at radius 2 is 1.35 bits per heavy atom. The van der Waals surface area contributed by atoms with E-state index in [9.17, 15) is 70.9 Å². The molecule has 4 aromatic rings. The quantitative estimate of drug-likeness (QED) is 0.0476. The Kier molecular flexibility index (Phi) is 12.1. The number of fused-ring (bicyclic) bond motifs is 1. The number of hydrogen-bond donors (Lipinski definition) is 12. The molecule has 0 amide bonds. The highest BCUT2D eigenvalue weighted by Gasteiger charge is 2.47. The molecule has 306 valence electrons. The molecular formula is C37H38O20. The van der Waals surface area contributed by atoms with E-state index in [-0.39, 0.29) is 29.1 Å². The Balaban J connectivity index is 1.25. The normalized spacial score (nSPS) is 27.7. The Labute approximate surface area is 320 Å².